The predicted molar refractivity (Wildman–Crippen MR) is 86.5 cm³/mol. The van der Waals surface area contributed by atoms with Crippen LogP contribution in [0, 0.1) is 16.0 Å². The van der Waals surface area contributed by atoms with E-state index >= 15 is 0 Å². The Bertz CT molecular complexity index is 806. The molecule has 2 aromatic rings. The SMILES string of the molecule is O=C(O)C1CCN(C(=O)c2ccn(-c3ccc([N+](=O)[O-])cc3)n2)CC1. The Hall–Kier alpha value is -3.23. The number of piperidine rings is 1. The summed E-state index contributed by atoms with van der Waals surface area (Å²) >= 11 is 0. The van der Waals surface area contributed by atoms with E-state index in [1.54, 1.807) is 29.3 Å². The van der Waals surface area contributed by atoms with Crippen molar-refractivity contribution < 1.29 is 19.6 Å². The second-order valence-electron chi connectivity index (χ2n) is 5.82. The molecule has 130 valence electrons. The number of amides is 1. The molecule has 25 heavy (non-hydrogen) atoms. The fraction of sp³-hybridized carbons (Fsp3) is 0.312. The van der Waals surface area contributed by atoms with E-state index in [2.05, 4.69) is 5.10 Å². The van der Waals surface area contributed by atoms with E-state index in [-0.39, 0.29) is 17.3 Å². The second-order valence-corrected chi connectivity index (χ2v) is 5.82. The maximum atomic E-state index is 12.5. The van der Waals surface area contributed by atoms with Gasteiger partial charge in [0, 0.05) is 31.4 Å². The molecule has 1 amide bonds. The molecule has 3 rings (SSSR count). The van der Waals surface area contributed by atoms with Gasteiger partial charge >= 0.3 is 5.97 Å². The van der Waals surface area contributed by atoms with Crippen molar-refractivity contribution in [3.63, 3.8) is 0 Å². The molecule has 0 atom stereocenters. The number of hydrogen-bond donors (Lipinski definition) is 1. The molecule has 9 heteroatoms. The number of hydrogen-bond acceptors (Lipinski definition) is 5. The van der Waals surface area contributed by atoms with Crippen LogP contribution in [-0.4, -0.2) is 49.7 Å². The first-order valence-electron chi connectivity index (χ1n) is 7.78. The number of carboxylic acid groups (broad SMARTS) is 1. The highest BCUT2D eigenvalue weighted by Crippen LogP contribution is 2.19. The fourth-order valence-electron chi connectivity index (χ4n) is 2.80. The van der Waals surface area contributed by atoms with Crippen molar-refractivity contribution in [2.24, 2.45) is 5.92 Å². The van der Waals surface area contributed by atoms with Gasteiger partial charge in [-0.2, -0.15) is 5.10 Å². The minimum absolute atomic E-state index is 0.0199. The number of aliphatic carboxylic acids is 1. The Morgan fingerprint density at radius 1 is 1.16 bits per heavy atom. The average Bonchev–Trinajstić information content (AvgIpc) is 3.11. The molecule has 1 aliphatic rings. The highest BCUT2D eigenvalue weighted by Gasteiger charge is 2.28. The van der Waals surface area contributed by atoms with Crippen molar-refractivity contribution in [3.05, 3.63) is 52.3 Å². The molecule has 0 saturated carbocycles. The smallest absolute Gasteiger partial charge is 0.306 e. The normalized spacial score (nSPS) is 15.1. The zero-order valence-electron chi connectivity index (χ0n) is 13.2. The molecule has 0 unspecified atom stereocenters. The summed E-state index contributed by atoms with van der Waals surface area (Å²) in [4.78, 5) is 35.2. The van der Waals surface area contributed by atoms with Crippen LogP contribution in [0.5, 0.6) is 0 Å². The zero-order valence-corrected chi connectivity index (χ0v) is 13.2. The van der Waals surface area contributed by atoms with Gasteiger partial charge in [-0.05, 0) is 31.0 Å². The number of non-ortho nitro benzene ring substituents is 1. The highest BCUT2D eigenvalue weighted by molar-refractivity contribution is 5.92. The molecule has 1 aromatic carbocycles. The molecule has 0 aliphatic carbocycles. The first-order chi connectivity index (χ1) is 12.0. The summed E-state index contributed by atoms with van der Waals surface area (Å²) in [6.45, 7) is 0.778. The maximum Gasteiger partial charge on any atom is 0.306 e. The largest absolute Gasteiger partial charge is 0.481 e. The number of nitro benzene ring substituents is 1. The lowest BCUT2D eigenvalue weighted by molar-refractivity contribution is -0.384. The zero-order chi connectivity index (χ0) is 18.0. The molecule has 0 bridgehead atoms. The van der Waals surface area contributed by atoms with Gasteiger partial charge in [0.25, 0.3) is 11.6 Å². The lowest BCUT2D eigenvalue weighted by Crippen LogP contribution is -2.40. The molecule has 1 aliphatic heterocycles. The molecular weight excluding hydrogens is 328 g/mol. The van der Waals surface area contributed by atoms with Gasteiger partial charge < -0.3 is 10.0 Å². The molecule has 9 nitrogen and oxygen atoms in total. The Morgan fingerprint density at radius 2 is 1.80 bits per heavy atom. The monoisotopic (exact) mass is 344 g/mol. The number of aromatic nitrogens is 2. The van der Waals surface area contributed by atoms with Crippen molar-refractivity contribution in [1.29, 1.82) is 0 Å². The van der Waals surface area contributed by atoms with Crippen molar-refractivity contribution in [2.45, 2.75) is 12.8 Å². The number of carbonyl (C=O) groups is 2. The van der Waals surface area contributed by atoms with Crippen LogP contribution in [-0.2, 0) is 4.79 Å². The van der Waals surface area contributed by atoms with Gasteiger partial charge in [-0.15, -0.1) is 0 Å². The van der Waals surface area contributed by atoms with Gasteiger partial charge in [-0.1, -0.05) is 0 Å². The average molecular weight is 344 g/mol. The Kier molecular flexibility index (Phi) is 4.46. The number of carboxylic acids is 1. The van der Waals surface area contributed by atoms with E-state index in [1.165, 1.54) is 16.8 Å². The topological polar surface area (TPSA) is 119 Å². The van der Waals surface area contributed by atoms with E-state index in [4.69, 9.17) is 5.11 Å². The number of nitro groups is 1. The summed E-state index contributed by atoms with van der Waals surface area (Å²) in [5.41, 5.74) is 0.842. The van der Waals surface area contributed by atoms with Gasteiger partial charge in [-0.25, -0.2) is 4.68 Å². The lowest BCUT2D eigenvalue weighted by Gasteiger charge is -2.29. The standard InChI is InChI=1S/C16H16N4O5/c21-15(18-8-5-11(6-9-18)16(22)23)14-7-10-19(17-14)12-1-3-13(4-2-12)20(24)25/h1-4,7,10-11H,5-6,8-9H2,(H,22,23). The van der Waals surface area contributed by atoms with Gasteiger partial charge in [0.1, 0.15) is 0 Å². The van der Waals surface area contributed by atoms with E-state index in [9.17, 15) is 19.7 Å². The van der Waals surface area contributed by atoms with Gasteiger partial charge in [0.15, 0.2) is 5.69 Å². The summed E-state index contributed by atoms with van der Waals surface area (Å²) in [6.07, 6.45) is 2.48. The second kappa shape index (κ2) is 6.71. The van der Waals surface area contributed by atoms with E-state index in [0.717, 1.165) is 0 Å². The summed E-state index contributed by atoms with van der Waals surface area (Å²) in [5.74, 6) is -1.47. The van der Waals surface area contributed by atoms with Crippen molar-refractivity contribution in [2.75, 3.05) is 13.1 Å². The van der Waals surface area contributed by atoms with Crippen LogP contribution in [0.25, 0.3) is 5.69 Å². The fourth-order valence-corrected chi connectivity index (χ4v) is 2.80. The van der Waals surface area contributed by atoms with E-state index in [1.807, 2.05) is 0 Å². The predicted octanol–water partition coefficient (Wildman–Crippen LogP) is 1.72. The summed E-state index contributed by atoms with van der Waals surface area (Å²) < 4.78 is 1.47. The lowest BCUT2D eigenvalue weighted by atomic mass is 9.97. The quantitative estimate of drug-likeness (QED) is 0.666. The van der Waals surface area contributed by atoms with Crippen LogP contribution in [0.3, 0.4) is 0 Å². The number of rotatable bonds is 4. The number of carbonyl (C=O) groups excluding carboxylic acids is 1. The first kappa shape index (κ1) is 16.6. The summed E-state index contributed by atoms with van der Waals surface area (Å²) in [5, 5.41) is 23.9. The molecule has 1 fully saturated rings. The van der Waals surface area contributed by atoms with Crippen LogP contribution in [0.15, 0.2) is 36.5 Å². The van der Waals surface area contributed by atoms with Gasteiger partial charge in [0.2, 0.25) is 0 Å². The van der Waals surface area contributed by atoms with Crippen LogP contribution in [0.2, 0.25) is 0 Å². The van der Waals surface area contributed by atoms with Crippen molar-refractivity contribution >= 4 is 17.6 Å². The Morgan fingerprint density at radius 3 is 2.36 bits per heavy atom. The van der Waals surface area contributed by atoms with Gasteiger partial charge in [0.05, 0.1) is 16.5 Å². The minimum Gasteiger partial charge on any atom is -0.481 e. The van der Waals surface area contributed by atoms with Crippen LogP contribution in [0.1, 0.15) is 23.3 Å². The molecule has 1 N–H and O–H groups in total. The molecule has 1 saturated heterocycles. The van der Waals surface area contributed by atoms with E-state index in [0.29, 0.717) is 31.6 Å². The van der Waals surface area contributed by atoms with E-state index < -0.39 is 16.8 Å². The summed E-state index contributed by atoms with van der Waals surface area (Å²) in [7, 11) is 0. The minimum atomic E-state index is -0.824. The van der Waals surface area contributed by atoms with Crippen molar-refractivity contribution in [3.8, 4) is 5.69 Å². The summed E-state index contributed by atoms with van der Waals surface area (Å²) in [6, 6.07) is 7.42. The van der Waals surface area contributed by atoms with Crippen molar-refractivity contribution in [1.82, 2.24) is 14.7 Å². The maximum absolute atomic E-state index is 12.5. The van der Waals surface area contributed by atoms with Crippen LogP contribution in [0.4, 0.5) is 5.69 Å². The molecule has 1 aromatic heterocycles. The third-order valence-electron chi connectivity index (χ3n) is 4.26. The van der Waals surface area contributed by atoms with Crippen LogP contribution >= 0.6 is 0 Å². The molecule has 2 heterocycles. The number of likely N-dealkylation sites (tertiary alicyclic amines) is 1. The highest BCUT2D eigenvalue weighted by atomic mass is 16.6. The first-order valence-corrected chi connectivity index (χ1v) is 7.78. The molecule has 0 spiro atoms. The third-order valence-corrected chi connectivity index (χ3v) is 4.26. The van der Waals surface area contributed by atoms with Crippen LogP contribution < -0.4 is 0 Å². The number of nitrogens with zero attached hydrogens (tertiary/aromatic N) is 4. The Labute approximate surface area is 142 Å². The van der Waals surface area contributed by atoms with Gasteiger partial charge in [-0.3, -0.25) is 19.7 Å². The molecular formula is C16H16N4O5. The third kappa shape index (κ3) is 3.49. The molecule has 0 radical (unpaired) electrons. The Balaban J connectivity index is 1.70. The number of benzene rings is 1.